The Hall–Kier alpha value is -3.39. The fourth-order valence-corrected chi connectivity index (χ4v) is 4.21. The number of amides is 1. The molecular weight excluding hydrogens is 406 g/mol. The van der Waals surface area contributed by atoms with Crippen LogP contribution in [0.25, 0.3) is 0 Å². The maximum atomic E-state index is 12.2. The minimum Gasteiger partial charge on any atom is -0.493 e. The van der Waals surface area contributed by atoms with E-state index >= 15 is 0 Å². The molecule has 0 fully saturated rings. The Kier molecular flexibility index (Phi) is 6.02. The average molecular weight is 434 g/mol. The van der Waals surface area contributed by atoms with Gasteiger partial charge in [0.15, 0.2) is 12.4 Å². The van der Waals surface area contributed by atoms with Crippen LogP contribution >= 0.6 is 0 Å². The molecule has 1 N–H and O–H groups in total. The van der Waals surface area contributed by atoms with Crippen LogP contribution in [-0.2, 0) is 37.3 Å². The molecule has 8 nitrogen and oxygen atoms in total. The van der Waals surface area contributed by atoms with E-state index in [0.29, 0.717) is 12.3 Å². The molecule has 0 bridgehead atoms. The molecule has 0 radical (unpaired) electrons. The van der Waals surface area contributed by atoms with E-state index < -0.39 is 0 Å². The van der Waals surface area contributed by atoms with E-state index in [1.165, 1.54) is 11.1 Å². The second kappa shape index (κ2) is 9.40. The topological polar surface area (TPSA) is 81.5 Å². The fraction of sp³-hybridized carbons (Fsp3) is 0.375. The van der Waals surface area contributed by atoms with Crippen LogP contribution in [0.3, 0.4) is 0 Å². The van der Waals surface area contributed by atoms with Crippen LogP contribution in [0.2, 0.25) is 0 Å². The van der Waals surface area contributed by atoms with E-state index in [1.54, 1.807) is 0 Å². The van der Waals surface area contributed by atoms with Gasteiger partial charge in [-0.2, -0.15) is 0 Å². The van der Waals surface area contributed by atoms with Gasteiger partial charge >= 0.3 is 0 Å². The number of benzene rings is 2. The third-order valence-corrected chi connectivity index (χ3v) is 5.91. The van der Waals surface area contributed by atoms with Gasteiger partial charge in [-0.3, -0.25) is 9.69 Å². The molecule has 0 saturated heterocycles. The number of carbonyl (C=O) groups excluding carboxylic acids is 1. The molecule has 2 aliphatic heterocycles. The van der Waals surface area contributed by atoms with Crippen molar-refractivity contribution in [2.24, 2.45) is 0 Å². The first-order valence-electron chi connectivity index (χ1n) is 11.1. The second-order valence-electron chi connectivity index (χ2n) is 8.13. The number of para-hydroxylation sites is 1. The number of hydrogen-bond acceptors (Lipinski definition) is 6. The number of carbonyl (C=O) groups is 1. The highest BCUT2D eigenvalue weighted by molar-refractivity contribution is 5.77. The molecule has 8 heteroatoms. The van der Waals surface area contributed by atoms with Crippen molar-refractivity contribution in [3.63, 3.8) is 0 Å². The lowest BCUT2D eigenvalue weighted by Gasteiger charge is -2.20. The van der Waals surface area contributed by atoms with Gasteiger partial charge < -0.3 is 19.4 Å². The number of aromatic nitrogens is 3. The van der Waals surface area contributed by atoms with Gasteiger partial charge in [-0.15, -0.1) is 10.2 Å². The molecule has 3 heterocycles. The fourth-order valence-electron chi connectivity index (χ4n) is 4.21. The molecule has 166 valence electrons. The maximum Gasteiger partial charge on any atom is 0.258 e. The number of nitrogens with zero attached hydrogens (tertiary/aromatic N) is 4. The number of nitrogens with one attached hydrogen (secondary N) is 1. The Morgan fingerprint density at radius 2 is 1.97 bits per heavy atom. The standard InChI is InChI=1S/C24H27N5O3/c30-24(17-32-20-4-2-1-3-5-20)25-15-23-27-26-22-8-10-28(11-12-29(22)23)16-18-6-7-21-19(14-18)9-13-31-21/h1-7,14H,8-13,15-17H2,(H,25,30). The molecule has 0 atom stereocenters. The molecule has 3 aromatic rings. The first kappa shape index (κ1) is 20.5. The van der Waals surface area contributed by atoms with Gasteiger partial charge in [0.1, 0.15) is 17.3 Å². The highest BCUT2D eigenvalue weighted by Crippen LogP contribution is 2.26. The summed E-state index contributed by atoms with van der Waals surface area (Å²) in [5, 5.41) is 11.6. The predicted molar refractivity (Wildman–Crippen MR) is 118 cm³/mol. The molecule has 32 heavy (non-hydrogen) atoms. The van der Waals surface area contributed by atoms with Crippen molar-refractivity contribution >= 4 is 5.91 Å². The summed E-state index contributed by atoms with van der Waals surface area (Å²) in [6.45, 7) is 4.67. The second-order valence-corrected chi connectivity index (χ2v) is 8.13. The van der Waals surface area contributed by atoms with Crippen LogP contribution < -0.4 is 14.8 Å². The lowest BCUT2D eigenvalue weighted by Crippen LogP contribution is -2.30. The van der Waals surface area contributed by atoms with Gasteiger partial charge in [-0.05, 0) is 29.3 Å². The van der Waals surface area contributed by atoms with E-state index in [9.17, 15) is 4.79 Å². The van der Waals surface area contributed by atoms with Crippen LogP contribution in [0.5, 0.6) is 11.5 Å². The van der Waals surface area contributed by atoms with E-state index in [0.717, 1.165) is 63.0 Å². The highest BCUT2D eigenvalue weighted by Gasteiger charge is 2.20. The van der Waals surface area contributed by atoms with E-state index in [2.05, 4.69) is 43.2 Å². The Balaban J connectivity index is 1.13. The first-order valence-corrected chi connectivity index (χ1v) is 11.1. The Morgan fingerprint density at radius 1 is 1.06 bits per heavy atom. The highest BCUT2D eigenvalue weighted by atomic mass is 16.5. The number of hydrogen-bond donors (Lipinski definition) is 1. The Labute approximate surface area is 187 Å². The zero-order valence-electron chi connectivity index (χ0n) is 18.0. The number of fused-ring (bicyclic) bond motifs is 2. The van der Waals surface area contributed by atoms with Crippen molar-refractivity contribution < 1.29 is 14.3 Å². The zero-order chi connectivity index (χ0) is 21.8. The summed E-state index contributed by atoms with van der Waals surface area (Å²) in [5.74, 6) is 3.28. The summed E-state index contributed by atoms with van der Waals surface area (Å²) in [5.41, 5.74) is 2.63. The largest absolute Gasteiger partial charge is 0.493 e. The third kappa shape index (κ3) is 4.75. The predicted octanol–water partition coefficient (Wildman–Crippen LogP) is 1.97. The average Bonchev–Trinajstić information content (AvgIpc) is 3.40. The summed E-state index contributed by atoms with van der Waals surface area (Å²) in [6, 6.07) is 15.8. The van der Waals surface area contributed by atoms with Crippen LogP contribution in [-0.4, -0.2) is 51.9 Å². The maximum absolute atomic E-state index is 12.2. The van der Waals surface area contributed by atoms with Gasteiger partial charge in [0, 0.05) is 39.0 Å². The minimum absolute atomic E-state index is 0.0232. The molecular formula is C24H27N5O3. The molecule has 0 spiro atoms. The van der Waals surface area contributed by atoms with Crippen molar-refractivity contribution in [2.45, 2.75) is 32.5 Å². The van der Waals surface area contributed by atoms with Crippen molar-refractivity contribution in [1.29, 1.82) is 0 Å². The SMILES string of the molecule is O=C(COc1ccccc1)NCc1nnc2n1CCN(Cc1ccc3c(c1)CCO3)CC2. The van der Waals surface area contributed by atoms with Crippen molar-refractivity contribution in [2.75, 3.05) is 26.3 Å². The van der Waals surface area contributed by atoms with Crippen LogP contribution in [0, 0.1) is 0 Å². The molecule has 0 saturated carbocycles. The van der Waals surface area contributed by atoms with Crippen molar-refractivity contribution in [3.8, 4) is 11.5 Å². The minimum atomic E-state index is -0.179. The molecule has 1 amide bonds. The van der Waals surface area contributed by atoms with Crippen molar-refractivity contribution in [1.82, 2.24) is 25.0 Å². The molecule has 2 aromatic carbocycles. The summed E-state index contributed by atoms with van der Waals surface area (Å²) in [7, 11) is 0. The molecule has 0 aliphatic carbocycles. The number of ether oxygens (including phenoxy) is 2. The van der Waals surface area contributed by atoms with Gasteiger partial charge in [0.05, 0.1) is 13.2 Å². The number of rotatable bonds is 7. The van der Waals surface area contributed by atoms with Crippen LogP contribution in [0.4, 0.5) is 0 Å². The lowest BCUT2D eigenvalue weighted by molar-refractivity contribution is -0.123. The van der Waals surface area contributed by atoms with E-state index in [1.807, 2.05) is 30.3 Å². The summed E-state index contributed by atoms with van der Waals surface area (Å²) in [6.07, 6.45) is 1.84. The summed E-state index contributed by atoms with van der Waals surface area (Å²) >= 11 is 0. The molecule has 5 rings (SSSR count). The first-order chi connectivity index (χ1) is 15.7. The van der Waals surface area contributed by atoms with E-state index in [-0.39, 0.29) is 12.5 Å². The lowest BCUT2D eigenvalue weighted by atomic mass is 10.1. The molecule has 0 unspecified atom stereocenters. The van der Waals surface area contributed by atoms with E-state index in [4.69, 9.17) is 9.47 Å². The quantitative estimate of drug-likeness (QED) is 0.614. The Morgan fingerprint density at radius 3 is 2.88 bits per heavy atom. The van der Waals surface area contributed by atoms with Crippen molar-refractivity contribution in [3.05, 3.63) is 71.3 Å². The monoisotopic (exact) mass is 433 g/mol. The van der Waals surface area contributed by atoms with Gasteiger partial charge in [-0.1, -0.05) is 30.3 Å². The van der Waals surface area contributed by atoms with Crippen LogP contribution in [0.1, 0.15) is 22.8 Å². The smallest absolute Gasteiger partial charge is 0.258 e. The molecule has 2 aliphatic rings. The molecule has 1 aromatic heterocycles. The normalized spacial score (nSPS) is 15.4. The van der Waals surface area contributed by atoms with Crippen LogP contribution in [0.15, 0.2) is 48.5 Å². The zero-order valence-corrected chi connectivity index (χ0v) is 18.0. The summed E-state index contributed by atoms with van der Waals surface area (Å²) in [4.78, 5) is 14.6. The van der Waals surface area contributed by atoms with Gasteiger partial charge in [0.25, 0.3) is 5.91 Å². The Bertz CT molecular complexity index is 1080. The third-order valence-electron chi connectivity index (χ3n) is 5.91. The van der Waals surface area contributed by atoms with Gasteiger partial charge in [-0.25, -0.2) is 0 Å². The van der Waals surface area contributed by atoms with Gasteiger partial charge in [0.2, 0.25) is 0 Å². The summed E-state index contributed by atoms with van der Waals surface area (Å²) < 4.78 is 13.2.